The Hall–Kier alpha value is -3.81. The van der Waals surface area contributed by atoms with E-state index in [2.05, 4.69) is 0 Å². The fraction of sp³-hybridized carbons (Fsp3) is 0.105. The van der Waals surface area contributed by atoms with Crippen molar-refractivity contribution in [2.24, 2.45) is 0 Å². The van der Waals surface area contributed by atoms with Gasteiger partial charge in [0, 0.05) is 23.3 Å². The van der Waals surface area contributed by atoms with Gasteiger partial charge in [0.05, 0.1) is 10.3 Å². The highest BCUT2D eigenvalue weighted by atomic mass is 16.6. The molecule has 3 rings (SSSR count). The minimum absolute atomic E-state index is 0.0417. The number of fused-ring (bicyclic) bond motifs is 1. The quantitative estimate of drug-likeness (QED) is 0.294. The highest BCUT2D eigenvalue weighted by Crippen LogP contribution is 2.20. The molecule has 0 spiro atoms. The van der Waals surface area contributed by atoms with Crippen molar-refractivity contribution in [3.8, 4) is 0 Å². The Kier molecular flexibility index (Phi) is 4.80. The molecule has 3 aromatic rings. The number of rotatable bonds is 5. The molecule has 8 nitrogen and oxygen atoms in total. The summed E-state index contributed by atoms with van der Waals surface area (Å²) >= 11 is 0. The largest absolute Gasteiger partial charge is 0.451 e. The number of carbonyl (C=O) groups excluding carboxylic acids is 2. The molecular weight excluding hydrogens is 354 g/mol. The number of nitro benzene ring substituents is 1. The summed E-state index contributed by atoms with van der Waals surface area (Å²) in [6, 6.07) is 11.4. The maximum Gasteiger partial charge on any atom is 0.374 e. The van der Waals surface area contributed by atoms with Gasteiger partial charge in [0.25, 0.3) is 5.69 Å². The fourth-order valence-electron chi connectivity index (χ4n) is 2.47. The van der Waals surface area contributed by atoms with Crippen molar-refractivity contribution < 1.29 is 23.7 Å². The summed E-state index contributed by atoms with van der Waals surface area (Å²) in [6.07, 6.45) is 0. The molecule has 8 heteroatoms. The number of hydrogen-bond donors (Lipinski definition) is 0. The predicted octanol–water partition coefficient (Wildman–Crippen LogP) is 3.05. The van der Waals surface area contributed by atoms with Crippen molar-refractivity contribution in [2.45, 2.75) is 6.92 Å². The number of hydrogen-bond acceptors (Lipinski definition) is 7. The van der Waals surface area contributed by atoms with Crippen LogP contribution in [0.25, 0.3) is 11.0 Å². The van der Waals surface area contributed by atoms with Gasteiger partial charge in [-0.1, -0.05) is 24.3 Å². The smallest absolute Gasteiger partial charge is 0.374 e. The van der Waals surface area contributed by atoms with Crippen molar-refractivity contribution in [1.82, 2.24) is 0 Å². The van der Waals surface area contributed by atoms with Crippen LogP contribution in [0.3, 0.4) is 0 Å². The highest BCUT2D eigenvalue weighted by molar-refractivity contribution is 5.99. The topological polar surface area (TPSA) is 117 Å². The predicted molar refractivity (Wildman–Crippen MR) is 94.9 cm³/mol. The van der Waals surface area contributed by atoms with Crippen molar-refractivity contribution in [3.63, 3.8) is 0 Å². The van der Waals surface area contributed by atoms with Crippen LogP contribution in [0, 0.1) is 17.0 Å². The first-order valence-corrected chi connectivity index (χ1v) is 7.85. The third kappa shape index (κ3) is 3.74. The molecular formula is C19H13NO7. The molecule has 0 aliphatic carbocycles. The van der Waals surface area contributed by atoms with Crippen molar-refractivity contribution in [1.29, 1.82) is 0 Å². The first-order valence-electron chi connectivity index (χ1n) is 7.85. The highest BCUT2D eigenvalue weighted by Gasteiger charge is 2.18. The summed E-state index contributed by atoms with van der Waals surface area (Å²) in [6.45, 7) is 0.906. The van der Waals surface area contributed by atoms with E-state index in [0.717, 1.165) is 12.1 Å². The molecule has 0 unspecified atom stereocenters. The van der Waals surface area contributed by atoms with Gasteiger partial charge in [-0.2, -0.15) is 0 Å². The molecule has 0 saturated carbocycles. The van der Waals surface area contributed by atoms with Crippen LogP contribution in [0.15, 0.2) is 57.7 Å². The molecule has 1 aromatic heterocycles. The van der Waals surface area contributed by atoms with Crippen LogP contribution in [0.1, 0.15) is 26.5 Å². The van der Waals surface area contributed by atoms with Crippen LogP contribution in [0.2, 0.25) is 0 Å². The van der Waals surface area contributed by atoms with Crippen LogP contribution >= 0.6 is 0 Å². The number of ether oxygens (including phenoxy) is 1. The molecule has 0 amide bonds. The summed E-state index contributed by atoms with van der Waals surface area (Å²) in [5.41, 5.74) is 0.0565. The van der Waals surface area contributed by atoms with Crippen LogP contribution in [0.4, 0.5) is 5.69 Å². The molecule has 0 bridgehead atoms. The first kappa shape index (κ1) is 18.0. The number of Topliss-reactive ketones (excluding diaryl/α,β-unsaturated/α-hetero) is 1. The lowest BCUT2D eigenvalue weighted by Gasteiger charge is -2.05. The standard InChI is InChI=1S/C19H13NO7/c1-11-6-7-12(8-14(11)20(24)25)16(22)10-26-19(23)18-9-15(21)13-4-2-3-5-17(13)27-18/h2-9H,10H2,1H3. The number of ketones is 1. The molecule has 0 atom stereocenters. The van der Waals surface area contributed by atoms with Gasteiger partial charge in [0.15, 0.2) is 12.0 Å². The van der Waals surface area contributed by atoms with E-state index in [-0.39, 0.29) is 22.6 Å². The van der Waals surface area contributed by atoms with Gasteiger partial charge in [-0.3, -0.25) is 19.7 Å². The summed E-state index contributed by atoms with van der Waals surface area (Å²) in [4.78, 5) is 46.6. The Morgan fingerprint density at radius 2 is 1.89 bits per heavy atom. The second-order valence-electron chi connectivity index (χ2n) is 5.73. The number of para-hydroxylation sites is 1. The number of nitrogens with zero attached hydrogens (tertiary/aromatic N) is 1. The Labute approximate surface area is 152 Å². The lowest BCUT2D eigenvalue weighted by atomic mass is 10.1. The van der Waals surface area contributed by atoms with Crippen molar-refractivity contribution in [3.05, 3.63) is 85.8 Å². The van der Waals surface area contributed by atoms with Gasteiger partial charge in [-0.05, 0) is 19.1 Å². The average Bonchev–Trinajstić information content (AvgIpc) is 2.66. The number of nitro groups is 1. The van der Waals surface area contributed by atoms with E-state index in [9.17, 15) is 24.5 Å². The molecule has 27 heavy (non-hydrogen) atoms. The molecule has 0 radical (unpaired) electrons. The van der Waals surface area contributed by atoms with Crippen LogP contribution in [-0.2, 0) is 4.74 Å². The van der Waals surface area contributed by atoms with E-state index in [1.807, 2.05) is 0 Å². The molecule has 0 fully saturated rings. The molecule has 0 aliphatic heterocycles. The number of benzene rings is 2. The summed E-state index contributed by atoms with van der Waals surface area (Å²) < 4.78 is 10.2. The molecule has 136 valence electrons. The van der Waals surface area contributed by atoms with E-state index in [1.165, 1.54) is 18.2 Å². The van der Waals surface area contributed by atoms with Crippen LogP contribution in [0.5, 0.6) is 0 Å². The van der Waals surface area contributed by atoms with Gasteiger partial charge >= 0.3 is 5.97 Å². The van der Waals surface area contributed by atoms with Crippen LogP contribution < -0.4 is 5.43 Å². The lowest BCUT2D eigenvalue weighted by Crippen LogP contribution is -2.16. The monoisotopic (exact) mass is 367 g/mol. The Morgan fingerprint density at radius 3 is 2.63 bits per heavy atom. The molecule has 1 heterocycles. The lowest BCUT2D eigenvalue weighted by molar-refractivity contribution is -0.385. The maximum atomic E-state index is 12.2. The van der Waals surface area contributed by atoms with Gasteiger partial charge in [0.2, 0.25) is 11.5 Å². The minimum Gasteiger partial charge on any atom is -0.451 e. The van der Waals surface area contributed by atoms with Gasteiger partial charge in [-0.25, -0.2) is 4.79 Å². The summed E-state index contributed by atoms with van der Waals surface area (Å²) in [5.74, 6) is -1.93. The van der Waals surface area contributed by atoms with Gasteiger partial charge in [0.1, 0.15) is 5.58 Å². The van der Waals surface area contributed by atoms with E-state index in [4.69, 9.17) is 9.15 Å². The van der Waals surface area contributed by atoms with Gasteiger partial charge < -0.3 is 9.15 Å². The zero-order valence-electron chi connectivity index (χ0n) is 14.1. The number of esters is 1. The zero-order valence-corrected chi connectivity index (χ0v) is 14.1. The van der Waals surface area contributed by atoms with E-state index in [0.29, 0.717) is 10.9 Å². The van der Waals surface area contributed by atoms with Crippen molar-refractivity contribution in [2.75, 3.05) is 6.61 Å². The number of carbonyl (C=O) groups is 2. The molecule has 2 aromatic carbocycles. The third-order valence-corrected chi connectivity index (χ3v) is 3.90. The Bertz CT molecular complexity index is 1130. The fourth-order valence-corrected chi connectivity index (χ4v) is 2.47. The second kappa shape index (κ2) is 7.20. The van der Waals surface area contributed by atoms with Crippen molar-refractivity contribution >= 4 is 28.4 Å². The Morgan fingerprint density at radius 1 is 1.15 bits per heavy atom. The van der Waals surface area contributed by atoms with E-state index in [1.54, 1.807) is 25.1 Å². The first-order chi connectivity index (χ1) is 12.9. The van der Waals surface area contributed by atoms with E-state index >= 15 is 0 Å². The maximum absolute atomic E-state index is 12.2. The average molecular weight is 367 g/mol. The SMILES string of the molecule is Cc1ccc(C(=O)COC(=O)c2cc(=O)c3ccccc3o2)cc1[N+](=O)[O-]. The Balaban J connectivity index is 1.76. The van der Waals surface area contributed by atoms with Crippen LogP contribution in [-0.4, -0.2) is 23.3 Å². The second-order valence-corrected chi connectivity index (χ2v) is 5.73. The van der Waals surface area contributed by atoms with E-state index < -0.39 is 28.7 Å². The number of aryl methyl sites for hydroxylation is 1. The molecule has 0 aliphatic rings. The summed E-state index contributed by atoms with van der Waals surface area (Å²) in [7, 11) is 0. The van der Waals surface area contributed by atoms with Gasteiger partial charge in [-0.15, -0.1) is 0 Å². The third-order valence-electron chi connectivity index (χ3n) is 3.90. The minimum atomic E-state index is -0.979. The molecule has 0 saturated heterocycles. The zero-order chi connectivity index (χ0) is 19.6. The summed E-state index contributed by atoms with van der Waals surface area (Å²) in [5, 5.41) is 11.3. The molecule has 0 N–H and O–H groups in total. The normalized spacial score (nSPS) is 10.6.